The molecule has 4 rings (SSSR count). The van der Waals surface area contributed by atoms with Crippen LogP contribution in [0.1, 0.15) is 32.0 Å². The summed E-state index contributed by atoms with van der Waals surface area (Å²) in [5, 5.41) is 20.6. The van der Waals surface area contributed by atoms with E-state index < -0.39 is 23.8 Å². The number of aromatic carboxylic acids is 2. The van der Waals surface area contributed by atoms with Crippen LogP contribution in [0.3, 0.4) is 0 Å². The van der Waals surface area contributed by atoms with E-state index in [4.69, 9.17) is 21.7 Å². The second kappa shape index (κ2) is 8.75. The van der Waals surface area contributed by atoms with E-state index in [9.17, 15) is 24.3 Å². The van der Waals surface area contributed by atoms with E-state index >= 15 is 0 Å². The quantitative estimate of drug-likeness (QED) is 0.289. The first-order valence-electron chi connectivity index (χ1n) is 9.84. The van der Waals surface area contributed by atoms with E-state index in [2.05, 4.69) is 5.32 Å². The molecule has 1 saturated heterocycles. The highest BCUT2D eigenvalue weighted by Crippen LogP contribution is 2.29. The number of amides is 2. The van der Waals surface area contributed by atoms with Gasteiger partial charge in [-0.3, -0.25) is 19.8 Å². The van der Waals surface area contributed by atoms with Gasteiger partial charge in [0.25, 0.3) is 11.8 Å². The maximum atomic E-state index is 13.1. The van der Waals surface area contributed by atoms with E-state index in [-0.39, 0.29) is 33.3 Å². The van der Waals surface area contributed by atoms with Crippen molar-refractivity contribution >= 4 is 52.8 Å². The van der Waals surface area contributed by atoms with Gasteiger partial charge in [0.2, 0.25) is 0 Å². The maximum Gasteiger partial charge on any atom is 0.335 e. The van der Waals surface area contributed by atoms with Crippen LogP contribution in [0.5, 0.6) is 0 Å². The van der Waals surface area contributed by atoms with E-state index in [0.717, 1.165) is 10.5 Å². The van der Waals surface area contributed by atoms with Crippen molar-refractivity contribution in [2.75, 3.05) is 4.90 Å². The van der Waals surface area contributed by atoms with E-state index in [0.29, 0.717) is 11.3 Å². The van der Waals surface area contributed by atoms with Crippen molar-refractivity contribution in [1.82, 2.24) is 5.32 Å². The molecule has 34 heavy (non-hydrogen) atoms. The Balaban J connectivity index is 1.67. The largest absolute Gasteiger partial charge is 0.478 e. The third-order valence-corrected chi connectivity index (χ3v) is 5.42. The second-order valence-corrected chi connectivity index (χ2v) is 7.73. The summed E-state index contributed by atoms with van der Waals surface area (Å²) in [6.07, 6.45) is 1.26. The molecule has 3 aromatic rings. The molecular formula is C24H16N2O7S. The molecule has 1 aliphatic heterocycles. The molecule has 1 aromatic heterocycles. The van der Waals surface area contributed by atoms with Crippen LogP contribution in [0.2, 0.25) is 0 Å². The van der Waals surface area contributed by atoms with Crippen molar-refractivity contribution in [3.8, 4) is 11.3 Å². The van der Waals surface area contributed by atoms with Gasteiger partial charge in [-0.25, -0.2) is 9.59 Å². The normalized spacial score (nSPS) is 14.9. The number of benzene rings is 2. The van der Waals surface area contributed by atoms with Crippen LogP contribution in [-0.2, 0) is 9.59 Å². The Morgan fingerprint density at radius 3 is 2.26 bits per heavy atom. The Labute approximate surface area is 197 Å². The van der Waals surface area contributed by atoms with Crippen molar-refractivity contribution < 1.29 is 33.8 Å². The summed E-state index contributed by atoms with van der Waals surface area (Å²) in [5.74, 6) is -3.05. The third kappa shape index (κ3) is 4.21. The second-order valence-electron chi connectivity index (χ2n) is 7.35. The number of carbonyl (C=O) groups is 4. The number of aryl methyl sites for hydroxylation is 1. The van der Waals surface area contributed by atoms with E-state index in [1.54, 1.807) is 25.1 Å². The van der Waals surface area contributed by atoms with Crippen molar-refractivity contribution in [3.63, 3.8) is 0 Å². The van der Waals surface area contributed by atoms with Crippen molar-refractivity contribution in [2.45, 2.75) is 6.92 Å². The maximum absolute atomic E-state index is 13.1. The number of rotatable bonds is 5. The smallest absolute Gasteiger partial charge is 0.335 e. The van der Waals surface area contributed by atoms with E-state index in [1.165, 1.54) is 42.5 Å². The highest BCUT2D eigenvalue weighted by molar-refractivity contribution is 7.80. The van der Waals surface area contributed by atoms with Crippen LogP contribution in [0.25, 0.3) is 17.4 Å². The fourth-order valence-electron chi connectivity index (χ4n) is 3.38. The molecule has 1 fully saturated rings. The number of thiocarbonyl (C=S) groups is 1. The van der Waals surface area contributed by atoms with Crippen LogP contribution < -0.4 is 10.2 Å². The molecule has 2 amide bonds. The van der Waals surface area contributed by atoms with Gasteiger partial charge in [0.1, 0.15) is 17.1 Å². The molecule has 0 radical (unpaired) electrons. The molecular weight excluding hydrogens is 460 g/mol. The lowest BCUT2D eigenvalue weighted by atomic mass is 10.0. The predicted octanol–water partition coefficient (Wildman–Crippen LogP) is 3.48. The van der Waals surface area contributed by atoms with Gasteiger partial charge in [0.05, 0.1) is 16.8 Å². The molecule has 3 N–H and O–H groups in total. The molecule has 2 aromatic carbocycles. The van der Waals surface area contributed by atoms with Crippen LogP contribution >= 0.6 is 12.2 Å². The molecule has 0 spiro atoms. The molecule has 0 atom stereocenters. The number of carboxylic acid groups (broad SMARTS) is 2. The fraction of sp³-hybridized carbons (Fsp3) is 0.0417. The third-order valence-electron chi connectivity index (χ3n) is 5.14. The standard InChI is InChI=1S/C24H16N2O7S/c1-12-2-3-14(23(31)32)10-17(12)19-9-8-16(33-19)11-18-20(27)25-24(34)26(21(18)28)15-6-4-13(5-7-15)22(29)30/h2-11H,1H3,(H,29,30)(H,31,32)(H,25,27,34)/b18-11+. The topological polar surface area (TPSA) is 137 Å². The Kier molecular flexibility index (Phi) is 5.82. The summed E-state index contributed by atoms with van der Waals surface area (Å²) < 4.78 is 5.78. The van der Waals surface area contributed by atoms with Gasteiger partial charge in [-0.05, 0) is 79.3 Å². The number of hydrogen-bond donors (Lipinski definition) is 3. The average molecular weight is 476 g/mol. The SMILES string of the molecule is Cc1ccc(C(=O)O)cc1-c1ccc(/C=C2\C(=O)NC(=S)N(c3ccc(C(=O)O)cc3)C2=O)o1. The van der Waals surface area contributed by atoms with E-state index in [1.807, 2.05) is 0 Å². The van der Waals surface area contributed by atoms with Crippen LogP contribution in [0.4, 0.5) is 5.69 Å². The first-order valence-corrected chi connectivity index (χ1v) is 10.3. The molecule has 0 aliphatic carbocycles. The van der Waals surface area contributed by atoms with Gasteiger partial charge < -0.3 is 14.6 Å². The number of carboxylic acids is 2. The summed E-state index contributed by atoms with van der Waals surface area (Å²) >= 11 is 5.14. The number of carbonyl (C=O) groups excluding carboxylic acids is 2. The molecule has 10 heteroatoms. The van der Waals surface area contributed by atoms with Crippen molar-refractivity contribution in [2.24, 2.45) is 0 Å². The fourth-order valence-corrected chi connectivity index (χ4v) is 3.66. The zero-order valence-electron chi connectivity index (χ0n) is 17.6. The van der Waals surface area contributed by atoms with Gasteiger partial charge in [-0.15, -0.1) is 0 Å². The number of hydrogen-bond acceptors (Lipinski definition) is 6. The van der Waals surface area contributed by atoms with Gasteiger partial charge in [0, 0.05) is 5.56 Å². The van der Waals surface area contributed by atoms with Gasteiger partial charge in [-0.1, -0.05) is 6.07 Å². The van der Waals surface area contributed by atoms with Gasteiger partial charge >= 0.3 is 11.9 Å². The highest BCUT2D eigenvalue weighted by Gasteiger charge is 2.34. The molecule has 1 aliphatic rings. The summed E-state index contributed by atoms with van der Waals surface area (Å²) in [7, 11) is 0. The first kappa shape index (κ1) is 22.6. The van der Waals surface area contributed by atoms with Crippen LogP contribution in [0, 0.1) is 6.92 Å². The number of nitrogens with zero attached hydrogens (tertiary/aromatic N) is 1. The van der Waals surface area contributed by atoms with Gasteiger partial charge in [0.15, 0.2) is 5.11 Å². The number of furan rings is 1. The molecule has 0 saturated carbocycles. The summed E-state index contributed by atoms with van der Waals surface area (Å²) in [5.41, 5.74) is 1.51. The van der Waals surface area contributed by atoms with Crippen molar-refractivity contribution in [3.05, 3.63) is 82.6 Å². The molecule has 0 bridgehead atoms. The summed E-state index contributed by atoms with van der Waals surface area (Å²) in [6, 6.07) is 13.2. The lowest BCUT2D eigenvalue weighted by molar-refractivity contribution is -0.122. The lowest BCUT2D eigenvalue weighted by Gasteiger charge is -2.28. The monoisotopic (exact) mass is 476 g/mol. The molecule has 170 valence electrons. The number of anilines is 1. The Morgan fingerprint density at radius 1 is 0.971 bits per heavy atom. The van der Waals surface area contributed by atoms with Crippen molar-refractivity contribution in [1.29, 1.82) is 0 Å². The minimum atomic E-state index is -1.12. The average Bonchev–Trinajstić information content (AvgIpc) is 3.25. The number of nitrogens with one attached hydrogen (secondary N) is 1. The summed E-state index contributed by atoms with van der Waals surface area (Å²) in [4.78, 5) is 49.1. The van der Waals surface area contributed by atoms with Crippen LogP contribution in [0.15, 0.2) is 64.6 Å². The first-order chi connectivity index (χ1) is 16.2. The zero-order valence-corrected chi connectivity index (χ0v) is 18.4. The zero-order chi connectivity index (χ0) is 24.6. The molecule has 9 nitrogen and oxygen atoms in total. The van der Waals surface area contributed by atoms with Crippen LogP contribution in [-0.4, -0.2) is 39.1 Å². The molecule has 0 unspecified atom stereocenters. The highest BCUT2D eigenvalue weighted by atomic mass is 32.1. The predicted molar refractivity (Wildman–Crippen MR) is 125 cm³/mol. The minimum absolute atomic E-state index is 0.0318. The lowest BCUT2D eigenvalue weighted by Crippen LogP contribution is -2.54. The Bertz CT molecular complexity index is 1400. The minimum Gasteiger partial charge on any atom is -0.478 e. The van der Waals surface area contributed by atoms with Gasteiger partial charge in [-0.2, -0.15) is 0 Å². The Hall–Kier alpha value is -4.57. The molecule has 2 heterocycles. The summed E-state index contributed by atoms with van der Waals surface area (Å²) in [6.45, 7) is 1.80. The Morgan fingerprint density at radius 2 is 1.62 bits per heavy atom.